The van der Waals surface area contributed by atoms with Crippen LogP contribution in [-0.4, -0.2) is 0 Å². The average Bonchev–Trinajstić information content (AvgIpc) is 2.57. The van der Waals surface area contributed by atoms with Crippen LogP contribution in [0, 0.1) is 0 Å². The van der Waals surface area contributed by atoms with Crippen LogP contribution in [0.25, 0.3) is 0 Å². The van der Waals surface area contributed by atoms with Gasteiger partial charge in [-0.25, -0.2) is 0 Å². The number of hydrogen-bond donors (Lipinski definition) is 0. The Bertz CT molecular complexity index is 576. The van der Waals surface area contributed by atoms with Gasteiger partial charge in [0.05, 0.1) is 0 Å². The van der Waals surface area contributed by atoms with Crippen LogP contribution in [0.1, 0.15) is 0 Å². The zero-order valence-corrected chi connectivity index (χ0v) is 14.8. The molecule has 0 N–H and O–H groups in total. The molecule has 0 bridgehead atoms. The van der Waals surface area contributed by atoms with Gasteiger partial charge in [-0.2, -0.15) is 0 Å². The van der Waals surface area contributed by atoms with Crippen molar-refractivity contribution in [2.75, 3.05) is 0 Å². The van der Waals surface area contributed by atoms with Crippen molar-refractivity contribution >= 4 is 0 Å². The Morgan fingerprint density at radius 3 is 0.955 bits per heavy atom. The van der Waals surface area contributed by atoms with E-state index in [-0.39, 0.29) is 0 Å². The number of hydrogen-bond acceptors (Lipinski definition) is 3. The molecule has 0 saturated carbocycles. The van der Waals surface area contributed by atoms with Gasteiger partial charge in [0.15, 0.2) is 0 Å². The zero-order chi connectivity index (χ0) is 15.0. The van der Waals surface area contributed by atoms with Crippen molar-refractivity contribution in [3.05, 3.63) is 91.0 Å². The number of para-hydroxylation sites is 3. The van der Waals surface area contributed by atoms with Crippen molar-refractivity contribution in [3.63, 3.8) is 0 Å². The van der Waals surface area contributed by atoms with Gasteiger partial charge < -0.3 is 0 Å². The predicted molar refractivity (Wildman–Crippen MR) is 81.2 cm³/mol. The molecule has 0 saturated heterocycles. The Morgan fingerprint density at radius 2 is 0.682 bits per heavy atom. The van der Waals surface area contributed by atoms with Crippen molar-refractivity contribution in [1.82, 2.24) is 0 Å². The van der Waals surface area contributed by atoms with E-state index in [1.54, 1.807) is 0 Å². The van der Waals surface area contributed by atoms with Crippen LogP contribution >= 0.6 is 0 Å². The molecule has 4 heteroatoms. The minimum absolute atomic E-state index is 0.773. The van der Waals surface area contributed by atoms with Crippen LogP contribution < -0.4 is 6.15 Å². The molecular formula is C18H15O3Y. The molecule has 0 amide bonds. The molecule has 3 aromatic rings. The summed E-state index contributed by atoms with van der Waals surface area (Å²) < 4.78 is 18.0. The van der Waals surface area contributed by atoms with Crippen LogP contribution in [0.2, 0.25) is 0 Å². The Balaban J connectivity index is 1.75. The molecule has 0 heterocycles. The maximum absolute atomic E-state index is 5.99. The molecule has 22 heavy (non-hydrogen) atoms. The third kappa shape index (κ3) is 4.58. The molecule has 0 radical (unpaired) electrons. The molecule has 0 atom stereocenters. The minimum atomic E-state index is -3.20. The molecule has 0 fully saturated rings. The summed E-state index contributed by atoms with van der Waals surface area (Å²) in [5.74, 6) is 2.32. The third-order valence-electron chi connectivity index (χ3n) is 2.93. The first-order valence-corrected chi connectivity index (χ1v) is 10.5. The van der Waals surface area contributed by atoms with Gasteiger partial charge in [-0.3, -0.25) is 0 Å². The van der Waals surface area contributed by atoms with Crippen molar-refractivity contribution in [3.8, 4) is 17.2 Å². The third-order valence-corrected chi connectivity index (χ3v) is 6.35. The van der Waals surface area contributed by atoms with E-state index in [9.17, 15) is 0 Å². The van der Waals surface area contributed by atoms with E-state index in [2.05, 4.69) is 0 Å². The fourth-order valence-corrected chi connectivity index (χ4v) is 5.05. The van der Waals surface area contributed by atoms with Crippen molar-refractivity contribution in [2.45, 2.75) is 0 Å². The Labute approximate surface area is 142 Å². The SMILES string of the molecule is c1ccc([O][Y]([O]c2ccccc2)[O]c2ccccc2)cc1. The predicted octanol–water partition coefficient (Wildman–Crippen LogP) is 4.59. The molecule has 3 nitrogen and oxygen atoms in total. The first-order chi connectivity index (χ1) is 10.9. The summed E-state index contributed by atoms with van der Waals surface area (Å²) >= 11 is -3.20. The standard InChI is InChI=1S/3C6H6O.Y/c3*7-6-4-2-1-3-5-6;/h3*1-5,7H;/q;;;+3/p-3. The monoisotopic (exact) mass is 368 g/mol. The topological polar surface area (TPSA) is 27.7 Å². The molecule has 0 aliphatic heterocycles. The van der Waals surface area contributed by atoms with Crippen molar-refractivity contribution in [2.24, 2.45) is 0 Å². The zero-order valence-electron chi connectivity index (χ0n) is 12.0. The van der Waals surface area contributed by atoms with Crippen LogP contribution in [0.15, 0.2) is 91.0 Å². The number of rotatable bonds is 6. The van der Waals surface area contributed by atoms with Gasteiger partial charge in [0, 0.05) is 0 Å². The Kier molecular flexibility index (Phi) is 5.46. The number of benzene rings is 3. The maximum atomic E-state index is 5.99. The van der Waals surface area contributed by atoms with E-state index >= 15 is 0 Å². The van der Waals surface area contributed by atoms with Gasteiger partial charge in [-0.15, -0.1) is 0 Å². The van der Waals surface area contributed by atoms with Gasteiger partial charge in [-0.1, -0.05) is 0 Å². The molecule has 0 aliphatic carbocycles. The summed E-state index contributed by atoms with van der Waals surface area (Å²) in [5.41, 5.74) is 0. The molecular weight excluding hydrogens is 353 g/mol. The Hall–Kier alpha value is -1.84. The Morgan fingerprint density at radius 1 is 0.409 bits per heavy atom. The van der Waals surface area contributed by atoms with Crippen molar-refractivity contribution in [1.29, 1.82) is 0 Å². The van der Waals surface area contributed by atoms with E-state index in [4.69, 9.17) is 6.15 Å². The molecule has 0 unspecified atom stereocenters. The fraction of sp³-hybridized carbons (Fsp3) is 0. The van der Waals surface area contributed by atoms with E-state index in [0.29, 0.717) is 0 Å². The summed E-state index contributed by atoms with van der Waals surface area (Å²) in [5, 5.41) is 0. The normalized spacial score (nSPS) is 9.82. The summed E-state index contributed by atoms with van der Waals surface area (Å²) in [4.78, 5) is 0. The average molecular weight is 368 g/mol. The van der Waals surface area contributed by atoms with Crippen LogP contribution in [0.5, 0.6) is 17.2 Å². The quantitative estimate of drug-likeness (QED) is 0.637. The fourth-order valence-electron chi connectivity index (χ4n) is 1.90. The molecule has 0 aliphatic rings. The van der Waals surface area contributed by atoms with Gasteiger partial charge >= 0.3 is 143 Å². The van der Waals surface area contributed by atoms with Crippen LogP contribution in [0.3, 0.4) is 0 Å². The molecule has 3 rings (SSSR count). The molecule has 0 spiro atoms. The van der Waals surface area contributed by atoms with Crippen LogP contribution in [-0.2, 0) is 29.0 Å². The van der Waals surface area contributed by atoms with Crippen LogP contribution in [0.4, 0.5) is 0 Å². The summed E-state index contributed by atoms with van der Waals surface area (Å²) in [6, 6.07) is 28.9. The van der Waals surface area contributed by atoms with E-state index < -0.39 is 29.0 Å². The summed E-state index contributed by atoms with van der Waals surface area (Å²) in [7, 11) is 0. The van der Waals surface area contributed by atoms with Gasteiger partial charge in [-0.05, 0) is 0 Å². The van der Waals surface area contributed by atoms with Gasteiger partial charge in [0.2, 0.25) is 0 Å². The van der Waals surface area contributed by atoms with E-state index in [1.807, 2.05) is 91.0 Å². The van der Waals surface area contributed by atoms with Gasteiger partial charge in [0.1, 0.15) is 0 Å². The summed E-state index contributed by atoms with van der Waals surface area (Å²) in [6.07, 6.45) is 0. The second-order valence-corrected chi connectivity index (χ2v) is 7.74. The second kappa shape index (κ2) is 7.97. The second-order valence-electron chi connectivity index (χ2n) is 4.58. The molecule has 0 aromatic heterocycles. The molecule has 108 valence electrons. The summed E-state index contributed by atoms with van der Waals surface area (Å²) in [6.45, 7) is 0. The molecule has 3 aromatic carbocycles. The first-order valence-electron chi connectivity index (χ1n) is 7.05. The van der Waals surface area contributed by atoms with Crippen molar-refractivity contribution < 1.29 is 35.1 Å². The van der Waals surface area contributed by atoms with E-state index in [0.717, 1.165) is 17.2 Å². The van der Waals surface area contributed by atoms with Gasteiger partial charge in [0.25, 0.3) is 0 Å². The first kappa shape index (κ1) is 15.1. The van der Waals surface area contributed by atoms with E-state index in [1.165, 1.54) is 0 Å².